The number of ketones is 2. The van der Waals surface area contributed by atoms with E-state index >= 15 is 0 Å². The van der Waals surface area contributed by atoms with Gasteiger partial charge in [0, 0.05) is 33.9 Å². The van der Waals surface area contributed by atoms with Gasteiger partial charge in [-0.2, -0.15) is 8.75 Å². The summed E-state index contributed by atoms with van der Waals surface area (Å²) in [6, 6.07) is 53.4. The average molecular weight is 709 g/mol. The molecule has 8 rings (SSSR count). The Balaban J connectivity index is 1.27. The van der Waals surface area contributed by atoms with Crippen LogP contribution in [0.5, 0.6) is 0 Å². The maximum atomic E-state index is 13.3. The van der Waals surface area contributed by atoms with Crippen molar-refractivity contribution in [1.29, 1.82) is 0 Å². The van der Waals surface area contributed by atoms with Crippen molar-refractivity contribution >= 4 is 79.8 Å². The highest BCUT2D eigenvalue weighted by Gasteiger charge is 2.29. The van der Waals surface area contributed by atoms with Gasteiger partial charge in [-0.05, 0) is 65.7 Å². The molecule has 0 atom stereocenters. The van der Waals surface area contributed by atoms with E-state index in [4.69, 9.17) is 20.2 Å². The number of para-hydroxylation sites is 3. The van der Waals surface area contributed by atoms with Crippen LogP contribution in [0.2, 0.25) is 0 Å². The van der Waals surface area contributed by atoms with E-state index in [0.29, 0.717) is 44.9 Å². The number of benzene rings is 7. The lowest BCUT2D eigenvalue weighted by Crippen LogP contribution is -2.17. The second-order valence-corrected chi connectivity index (χ2v) is 12.8. The zero-order valence-corrected chi connectivity index (χ0v) is 29.2. The smallest absolute Gasteiger partial charge is 0.233 e. The van der Waals surface area contributed by atoms with Crippen LogP contribution in [0.4, 0.5) is 45.5 Å². The van der Waals surface area contributed by atoms with E-state index in [9.17, 15) is 9.59 Å². The van der Waals surface area contributed by atoms with Crippen molar-refractivity contribution in [2.24, 2.45) is 0 Å². The minimum atomic E-state index is -0.568. The highest BCUT2D eigenvalue weighted by atomic mass is 32.1. The number of nitrogen functional groups attached to an aromatic ring is 2. The van der Waals surface area contributed by atoms with Crippen LogP contribution in [-0.4, -0.2) is 20.3 Å². The molecule has 8 aromatic rings. The lowest BCUT2D eigenvalue weighted by molar-refractivity contribution is 0.0817. The molecule has 0 spiro atoms. The molecule has 0 radical (unpaired) electrons. The molecule has 0 aliphatic rings. The number of hydrogen-bond donors (Lipinski definition) is 2. The molecular weight excluding hydrogens is 677 g/mol. The second kappa shape index (κ2) is 14.3. The Labute approximate surface area is 310 Å². The third-order valence-electron chi connectivity index (χ3n) is 9.03. The van der Waals surface area contributed by atoms with Crippen molar-refractivity contribution in [1.82, 2.24) is 8.75 Å². The number of fused-ring (bicyclic) bond motifs is 1. The standard InChI is InChI=1S/C44H32N6O2S/c45-37-38(46)42(40-39(47-53-48-40)41(37)49(33-20-7-2-8-21-33)34-22-9-3-10-23-34)50(35-24-11-4-12-25-35)36-26-14-18-31(28-36)30-17-13-19-32(27-30)44(52)43(51)29-15-5-1-6-16-29/h1-28H,45-46H2. The number of aromatic nitrogens is 2. The Morgan fingerprint density at radius 2 is 0.811 bits per heavy atom. The number of Topliss-reactive ketones (excluding diaryl/α,β-unsaturated/α-hetero) is 2. The fourth-order valence-corrected chi connectivity index (χ4v) is 7.07. The van der Waals surface area contributed by atoms with Gasteiger partial charge in [-0.25, -0.2) is 0 Å². The number of rotatable bonds is 10. The third-order valence-corrected chi connectivity index (χ3v) is 9.56. The number of carbonyl (C=O) groups is 2. The summed E-state index contributed by atoms with van der Waals surface area (Å²) in [5.74, 6) is -1.12. The summed E-state index contributed by atoms with van der Waals surface area (Å²) in [4.78, 5) is 30.4. The summed E-state index contributed by atoms with van der Waals surface area (Å²) >= 11 is 1.10. The van der Waals surface area contributed by atoms with Crippen LogP contribution < -0.4 is 21.3 Å². The van der Waals surface area contributed by atoms with Gasteiger partial charge in [-0.15, -0.1) is 0 Å². The summed E-state index contributed by atoms with van der Waals surface area (Å²) < 4.78 is 9.65. The van der Waals surface area contributed by atoms with Gasteiger partial charge in [0.2, 0.25) is 11.6 Å². The highest BCUT2D eigenvalue weighted by molar-refractivity contribution is 7.00. The lowest BCUT2D eigenvalue weighted by Gasteiger charge is -2.31. The van der Waals surface area contributed by atoms with E-state index in [-0.39, 0.29) is 0 Å². The molecule has 0 amide bonds. The van der Waals surface area contributed by atoms with Gasteiger partial charge >= 0.3 is 0 Å². The molecule has 0 bridgehead atoms. The molecular formula is C44H32N6O2S. The van der Waals surface area contributed by atoms with Crippen LogP contribution in [0.25, 0.3) is 22.2 Å². The van der Waals surface area contributed by atoms with E-state index in [1.165, 1.54) is 0 Å². The Morgan fingerprint density at radius 3 is 1.32 bits per heavy atom. The van der Waals surface area contributed by atoms with Crippen LogP contribution in [0.1, 0.15) is 20.7 Å². The number of hydrogen-bond acceptors (Lipinski definition) is 9. The van der Waals surface area contributed by atoms with Crippen molar-refractivity contribution in [3.8, 4) is 11.1 Å². The van der Waals surface area contributed by atoms with Crippen LogP contribution in [0.3, 0.4) is 0 Å². The van der Waals surface area contributed by atoms with Crippen LogP contribution in [-0.2, 0) is 0 Å². The summed E-state index contributed by atoms with van der Waals surface area (Å²) in [6.45, 7) is 0. The van der Waals surface area contributed by atoms with E-state index in [0.717, 1.165) is 45.6 Å². The molecule has 256 valence electrons. The molecule has 53 heavy (non-hydrogen) atoms. The molecule has 0 aliphatic carbocycles. The van der Waals surface area contributed by atoms with E-state index < -0.39 is 11.6 Å². The summed E-state index contributed by atoms with van der Waals surface area (Å²) in [6.07, 6.45) is 0. The Bertz CT molecular complexity index is 2540. The van der Waals surface area contributed by atoms with Gasteiger partial charge in [0.15, 0.2) is 0 Å². The molecule has 0 aliphatic heterocycles. The third kappa shape index (κ3) is 6.26. The minimum Gasteiger partial charge on any atom is -0.395 e. The zero-order valence-electron chi connectivity index (χ0n) is 28.3. The molecule has 0 unspecified atom stereocenters. The molecule has 7 aromatic carbocycles. The molecule has 0 saturated carbocycles. The fourth-order valence-electron chi connectivity index (χ4n) is 6.52. The Hall–Kier alpha value is -7.10. The summed E-state index contributed by atoms with van der Waals surface area (Å²) in [7, 11) is 0. The molecule has 9 heteroatoms. The highest BCUT2D eigenvalue weighted by Crippen LogP contribution is 2.52. The van der Waals surface area contributed by atoms with Crippen molar-refractivity contribution < 1.29 is 9.59 Å². The number of carbonyl (C=O) groups excluding carboxylic acids is 2. The van der Waals surface area contributed by atoms with Gasteiger partial charge in [0.1, 0.15) is 22.4 Å². The first kappa shape index (κ1) is 33.1. The second-order valence-electron chi connectivity index (χ2n) is 12.3. The molecule has 0 saturated heterocycles. The van der Waals surface area contributed by atoms with Gasteiger partial charge in [0.05, 0.1) is 23.1 Å². The number of nitrogens with zero attached hydrogens (tertiary/aromatic N) is 4. The number of nitrogens with two attached hydrogens (primary N) is 2. The lowest BCUT2D eigenvalue weighted by atomic mass is 9.97. The molecule has 4 N–H and O–H groups in total. The monoisotopic (exact) mass is 708 g/mol. The van der Waals surface area contributed by atoms with Crippen molar-refractivity contribution in [3.05, 3.63) is 181 Å². The Morgan fingerprint density at radius 1 is 0.434 bits per heavy atom. The topological polar surface area (TPSA) is 118 Å². The summed E-state index contributed by atoms with van der Waals surface area (Å²) in [5.41, 5.74) is 23.0. The molecule has 1 heterocycles. The van der Waals surface area contributed by atoms with Crippen LogP contribution in [0.15, 0.2) is 170 Å². The quantitative estimate of drug-likeness (QED) is 0.0819. The van der Waals surface area contributed by atoms with Crippen molar-refractivity contribution in [3.63, 3.8) is 0 Å². The van der Waals surface area contributed by atoms with Gasteiger partial charge in [-0.1, -0.05) is 115 Å². The fraction of sp³-hybridized carbons (Fsp3) is 0. The maximum absolute atomic E-state index is 13.3. The van der Waals surface area contributed by atoms with E-state index in [1.807, 2.05) is 132 Å². The maximum Gasteiger partial charge on any atom is 0.233 e. The largest absolute Gasteiger partial charge is 0.395 e. The van der Waals surface area contributed by atoms with Crippen molar-refractivity contribution in [2.45, 2.75) is 0 Å². The minimum absolute atomic E-state index is 0.311. The van der Waals surface area contributed by atoms with Crippen LogP contribution >= 0.6 is 11.7 Å². The van der Waals surface area contributed by atoms with Gasteiger partial charge in [-0.3, -0.25) is 9.59 Å². The number of anilines is 8. The SMILES string of the molecule is Nc1c(N)c(N(c2ccccc2)c2cccc(-c3cccc(C(=O)C(=O)c4ccccc4)c3)c2)c2nsnc2c1N(c1ccccc1)c1ccccc1. The van der Waals surface area contributed by atoms with E-state index in [1.54, 1.807) is 42.5 Å². The first-order valence-corrected chi connectivity index (χ1v) is 17.7. The van der Waals surface area contributed by atoms with Gasteiger partial charge < -0.3 is 21.3 Å². The average Bonchev–Trinajstić information content (AvgIpc) is 3.71. The van der Waals surface area contributed by atoms with E-state index in [2.05, 4.69) is 4.90 Å². The molecule has 8 nitrogen and oxygen atoms in total. The summed E-state index contributed by atoms with van der Waals surface area (Å²) in [5, 5.41) is 0. The molecule has 1 aromatic heterocycles. The Kier molecular flexibility index (Phi) is 8.90. The zero-order chi connectivity index (χ0) is 36.3. The predicted octanol–water partition coefficient (Wildman–Crippen LogP) is 10.5. The van der Waals surface area contributed by atoms with Crippen LogP contribution in [0, 0.1) is 0 Å². The molecule has 0 fully saturated rings. The normalized spacial score (nSPS) is 10.9. The first-order chi connectivity index (χ1) is 26.0. The van der Waals surface area contributed by atoms with Gasteiger partial charge in [0.25, 0.3) is 0 Å². The predicted molar refractivity (Wildman–Crippen MR) is 216 cm³/mol. The first-order valence-electron chi connectivity index (χ1n) is 16.9. The van der Waals surface area contributed by atoms with Crippen molar-refractivity contribution in [2.75, 3.05) is 21.3 Å².